The highest BCUT2D eigenvalue weighted by atomic mass is 127. The first kappa shape index (κ1) is 13.7. The fourth-order valence-corrected chi connectivity index (χ4v) is 1.97. The third-order valence-electron chi connectivity index (χ3n) is 2.02. The summed E-state index contributed by atoms with van der Waals surface area (Å²) in [4.78, 5) is 21.4. The standard InChI is InChI=1S/C10H11IN2O4/c1-2-17-9(14)5-6-3-7(11)10(12)8(4-6)13(15)16/h3-4H,2,5,12H2,1H3. The molecule has 92 valence electrons. The number of carbonyl (C=O) groups is 1. The van der Waals surface area contributed by atoms with Gasteiger partial charge in [0.1, 0.15) is 5.69 Å². The van der Waals surface area contributed by atoms with Crippen molar-refractivity contribution in [2.45, 2.75) is 13.3 Å². The number of hydrogen-bond acceptors (Lipinski definition) is 5. The zero-order valence-electron chi connectivity index (χ0n) is 9.10. The number of nitro groups is 1. The van der Waals surface area contributed by atoms with Gasteiger partial charge in [-0.2, -0.15) is 0 Å². The second-order valence-electron chi connectivity index (χ2n) is 3.25. The maximum atomic E-state index is 11.3. The molecule has 0 saturated carbocycles. The van der Waals surface area contributed by atoms with Crippen molar-refractivity contribution in [1.29, 1.82) is 0 Å². The van der Waals surface area contributed by atoms with Crippen molar-refractivity contribution in [1.82, 2.24) is 0 Å². The summed E-state index contributed by atoms with van der Waals surface area (Å²) in [5, 5.41) is 10.7. The van der Waals surface area contributed by atoms with Crippen molar-refractivity contribution in [3.05, 3.63) is 31.4 Å². The second kappa shape index (κ2) is 5.80. The van der Waals surface area contributed by atoms with Gasteiger partial charge in [-0.25, -0.2) is 0 Å². The van der Waals surface area contributed by atoms with Gasteiger partial charge >= 0.3 is 5.97 Å². The van der Waals surface area contributed by atoms with Crippen molar-refractivity contribution < 1.29 is 14.5 Å². The number of nitrogens with two attached hydrogens (primary N) is 1. The van der Waals surface area contributed by atoms with Gasteiger partial charge in [-0.3, -0.25) is 14.9 Å². The van der Waals surface area contributed by atoms with Crippen LogP contribution in [0.2, 0.25) is 0 Å². The van der Waals surface area contributed by atoms with E-state index in [1.165, 1.54) is 6.07 Å². The monoisotopic (exact) mass is 350 g/mol. The molecule has 2 N–H and O–H groups in total. The first-order chi connectivity index (χ1) is 7.95. The van der Waals surface area contributed by atoms with E-state index >= 15 is 0 Å². The molecule has 0 saturated heterocycles. The molecular formula is C10H11IN2O4. The molecule has 0 heterocycles. The molecular weight excluding hydrogens is 339 g/mol. The predicted octanol–water partition coefficient (Wildman–Crippen LogP) is 1.89. The number of ether oxygens (including phenoxy) is 1. The highest BCUT2D eigenvalue weighted by Crippen LogP contribution is 2.28. The lowest BCUT2D eigenvalue weighted by Gasteiger charge is -2.05. The Bertz CT molecular complexity index is 462. The molecule has 0 unspecified atom stereocenters. The Morgan fingerprint density at radius 1 is 1.59 bits per heavy atom. The number of benzene rings is 1. The van der Waals surface area contributed by atoms with Crippen LogP contribution in [0.3, 0.4) is 0 Å². The summed E-state index contributed by atoms with van der Waals surface area (Å²) in [6.45, 7) is 1.99. The van der Waals surface area contributed by atoms with Crippen LogP contribution in [0.1, 0.15) is 12.5 Å². The molecule has 0 aliphatic heterocycles. The lowest BCUT2D eigenvalue weighted by molar-refractivity contribution is -0.384. The van der Waals surface area contributed by atoms with Crippen LogP contribution >= 0.6 is 22.6 Å². The van der Waals surface area contributed by atoms with Crippen molar-refractivity contribution >= 4 is 39.9 Å². The fourth-order valence-electron chi connectivity index (χ4n) is 1.29. The third kappa shape index (κ3) is 3.55. The Morgan fingerprint density at radius 3 is 2.76 bits per heavy atom. The highest BCUT2D eigenvalue weighted by Gasteiger charge is 2.17. The van der Waals surface area contributed by atoms with E-state index in [4.69, 9.17) is 10.5 Å². The molecule has 0 aromatic heterocycles. The maximum absolute atomic E-state index is 11.3. The van der Waals surface area contributed by atoms with Gasteiger partial charge in [0, 0.05) is 9.64 Å². The molecule has 1 aromatic rings. The Balaban J connectivity index is 3.02. The van der Waals surface area contributed by atoms with E-state index in [0.29, 0.717) is 9.13 Å². The second-order valence-corrected chi connectivity index (χ2v) is 4.41. The van der Waals surface area contributed by atoms with Crippen LogP contribution in [-0.2, 0) is 16.0 Å². The summed E-state index contributed by atoms with van der Waals surface area (Å²) in [6.07, 6.45) is 0.00492. The summed E-state index contributed by atoms with van der Waals surface area (Å²) in [7, 11) is 0. The van der Waals surface area contributed by atoms with Gasteiger partial charge < -0.3 is 10.5 Å². The van der Waals surface area contributed by atoms with Crippen LogP contribution in [0.15, 0.2) is 12.1 Å². The summed E-state index contributed by atoms with van der Waals surface area (Å²) >= 11 is 1.90. The summed E-state index contributed by atoms with van der Waals surface area (Å²) in [6, 6.07) is 2.94. The number of rotatable bonds is 4. The summed E-state index contributed by atoms with van der Waals surface area (Å²) in [5.41, 5.74) is 6.03. The minimum absolute atomic E-state index is 0.00492. The van der Waals surface area contributed by atoms with E-state index in [1.54, 1.807) is 13.0 Å². The first-order valence-corrected chi connectivity index (χ1v) is 5.91. The molecule has 17 heavy (non-hydrogen) atoms. The molecule has 6 nitrogen and oxygen atoms in total. The van der Waals surface area contributed by atoms with Gasteiger partial charge in [0.25, 0.3) is 5.69 Å². The smallest absolute Gasteiger partial charge is 0.310 e. The fraction of sp³-hybridized carbons (Fsp3) is 0.300. The number of nitro benzene ring substituents is 1. The number of hydrogen-bond donors (Lipinski definition) is 1. The average molecular weight is 350 g/mol. The van der Waals surface area contributed by atoms with Gasteiger partial charge in [0.05, 0.1) is 18.0 Å². The molecule has 0 atom stereocenters. The zero-order chi connectivity index (χ0) is 13.0. The first-order valence-electron chi connectivity index (χ1n) is 4.83. The third-order valence-corrected chi connectivity index (χ3v) is 2.91. The lowest BCUT2D eigenvalue weighted by Crippen LogP contribution is -2.08. The Hall–Kier alpha value is -1.38. The average Bonchev–Trinajstić information content (AvgIpc) is 2.23. The van der Waals surface area contributed by atoms with Crippen LogP contribution in [0.25, 0.3) is 0 Å². The van der Waals surface area contributed by atoms with Crippen LogP contribution in [0.5, 0.6) is 0 Å². The molecule has 7 heteroatoms. The van der Waals surface area contributed by atoms with E-state index in [-0.39, 0.29) is 24.4 Å². The van der Waals surface area contributed by atoms with Crippen molar-refractivity contribution in [2.75, 3.05) is 12.3 Å². The number of anilines is 1. The van der Waals surface area contributed by atoms with E-state index < -0.39 is 10.9 Å². The number of nitrogen functional groups attached to an aromatic ring is 1. The normalized spacial score (nSPS) is 10.0. The number of nitrogens with zero attached hydrogens (tertiary/aromatic N) is 1. The Labute approximate surface area is 111 Å². The predicted molar refractivity (Wildman–Crippen MR) is 70.6 cm³/mol. The van der Waals surface area contributed by atoms with Crippen molar-refractivity contribution in [3.8, 4) is 0 Å². The molecule has 1 aromatic carbocycles. The van der Waals surface area contributed by atoms with E-state index in [1.807, 2.05) is 22.6 Å². The SMILES string of the molecule is CCOC(=O)Cc1cc(I)c(N)c([N+](=O)[O-])c1. The van der Waals surface area contributed by atoms with Crippen molar-refractivity contribution in [2.24, 2.45) is 0 Å². The van der Waals surface area contributed by atoms with E-state index in [0.717, 1.165) is 0 Å². The van der Waals surface area contributed by atoms with Gasteiger partial charge in [-0.15, -0.1) is 0 Å². The van der Waals surface area contributed by atoms with Crippen LogP contribution in [0.4, 0.5) is 11.4 Å². The minimum Gasteiger partial charge on any atom is -0.466 e. The van der Waals surface area contributed by atoms with Gasteiger partial charge in [-0.1, -0.05) is 0 Å². The molecule has 1 rings (SSSR count). The van der Waals surface area contributed by atoms with Gasteiger partial charge in [-0.05, 0) is 41.1 Å². The molecule has 0 bridgehead atoms. The Morgan fingerprint density at radius 2 is 2.24 bits per heavy atom. The van der Waals surface area contributed by atoms with Crippen molar-refractivity contribution in [3.63, 3.8) is 0 Å². The number of esters is 1. The molecule has 0 aliphatic carbocycles. The molecule has 0 fully saturated rings. The lowest BCUT2D eigenvalue weighted by atomic mass is 10.1. The van der Waals surface area contributed by atoms with Crippen LogP contribution in [0, 0.1) is 13.7 Å². The summed E-state index contributed by atoms with van der Waals surface area (Å²) < 4.78 is 5.33. The number of halogens is 1. The van der Waals surface area contributed by atoms with Crippen LogP contribution in [-0.4, -0.2) is 17.5 Å². The molecule has 0 spiro atoms. The van der Waals surface area contributed by atoms with Gasteiger partial charge in [0.2, 0.25) is 0 Å². The maximum Gasteiger partial charge on any atom is 0.310 e. The zero-order valence-corrected chi connectivity index (χ0v) is 11.3. The quantitative estimate of drug-likeness (QED) is 0.294. The molecule has 0 radical (unpaired) electrons. The largest absolute Gasteiger partial charge is 0.466 e. The molecule has 0 amide bonds. The Kier molecular flexibility index (Phi) is 4.67. The van der Waals surface area contributed by atoms with Gasteiger partial charge in [0.15, 0.2) is 0 Å². The highest BCUT2D eigenvalue weighted by molar-refractivity contribution is 14.1. The minimum atomic E-state index is -0.563. The topological polar surface area (TPSA) is 95.5 Å². The molecule has 0 aliphatic rings. The number of carbonyl (C=O) groups excluding carboxylic acids is 1. The summed E-state index contributed by atoms with van der Waals surface area (Å²) in [5.74, 6) is -0.414. The van der Waals surface area contributed by atoms with E-state index in [9.17, 15) is 14.9 Å². The van der Waals surface area contributed by atoms with E-state index in [2.05, 4.69) is 0 Å². The van der Waals surface area contributed by atoms with Crippen LogP contribution < -0.4 is 5.73 Å².